The van der Waals surface area contributed by atoms with Gasteiger partial charge in [-0.3, -0.25) is 9.78 Å². The fourth-order valence-corrected chi connectivity index (χ4v) is 2.86. The van der Waals surface area contributed by atoms with Crippen molar-refractivity contribution in [2.24, 2.45) is 17.6 Å². The fraction of sp³-hybridized carbons (Fsp3) is 0.600. The zero-order valence-corrected chi connectivity index (χ0v) is 11.5. The third-order valence-electron chi connectivity index (χ3n) is 4.04. The molecule has 1 saturated carbocycles. The first-order valence-corrected chi connectivity index (χ1v) is 7.13. The van der Waals surface area contributed by atoms with Crippen LogP contribution in [-0.2, 0) is 4.79 Å². The minimum absolute atomic E-state index is 0.0472. The van der Waals surface area contributed by atoms with Crippen molar-refractivity contribution in [2.75, 3.05) is 6.54 Å². The molecule has 4 heteroatoms. The van der Waals surface area contributed by atoms with E-state index in [1.165, 1.54) is 6.42 Å². The third-order valence-corrected chi connectivity index (χ3v) is 4.04. The van der Waals surface area contributed by atoms with Crippen LogP contribution in [0, 0.1) is 11.8 Å². The molecule has 4 nitrogen and oxygen atoms in total. The summed E-state index contributed by atoms with van der Waals surface area (Å²) in [5.41, 5.74) is 6.68. The average Bonchev–Trinajstić information content (AvgIpc) is 2.48. The van der Waals surface area contributed by atoms with Crippen LogP contribution >= 0.6 is 0 Å². The maximum absolute atomic E-state index is 12.4. The van der Waals surface area contributed by atoms with Gasteiger partial charge in [0.25, 0.3) is 0 Å². The van der Waals surface area contributed by atoms with E-state index in [1.54, 1.807) is 6.20 Å². The van der Waals surface area contributed by atoms with E-state index in [-0.39, 0.29) is 17.9 Å². The lowest BCUT2D eigenvalue weighted by Gasteiger charge is -2.30. The molecule has 3 N–H and O–H groups in total. The molecule has 1 aliphatic rings. The predicted octanol–water partition coefficient (Wildman–Crippen LogP) is 2.02. The maximum Gasteiger partial charge on any atom is 0.223 e. The zero-order valence-electron chi connectivity index (χ0n) is 11.5. The fourth-order valence-electron chi connectivity index (χ4n) is 2.86. The van der Waals surface area contributed by atoms with E-state index >= 15 is 0 Å². The van der Waals surface area contributed by atoms with Gasteiger partial charge in [-0.15, -0.1) is 0 Å². The Labute approximate surface area is 114 Å². The summed E-state index contributed by atoms with van der Waals surface area (Å²) in [6.07, 6.45) is 6.12. The SMILES string of the molecule is C[C@@H](NC(=O)C1CCCCC1CN)c1ccccn1. The first kappa shape index (κ1) is 14.0. The van der Waals surface area contributed by atoms with Gasteiger partial charge in [-0.1, -0.05) is 18.9 Å². The van der Waals surface area contributed by atoms with E-state index < -0.39 is 0 Å². The zero-order chi connectivity index (χ0) is 13.7. The summed E-state index contributed by atoms with van der Waals surface area (Å²) in [4.78, 5) is 16.6. The average molecular weight is 261 g/mol. The number of aromatic nitrogens is 1. The number of carbonyl (C=O) groups is 1. The van der Waals surface area contributed by atoms with Crippen molar-refractivity contribution in [3.05, 3.63) is 30.1 Å². The molecule has 0 aromatic carbocycles. The lowest BCUT2D eigenvalue weighted by atomic mass is 9.78. The summed E-state index contributed by atoms with van der Waals surface area (Å²) in [5, 5.41) is 3.07. The normalized spacial score (nSPS) is 24.7. The smallest absolute Gasteiger partial charge is 0.223 e. The van der Waals surface area contributed by atoms with E-state index in [9.17, 15) is 4.79 Å². The Balaban J connectivity index is 1.96. The van der Waals surface area contributed by atoms with Crippen molar-refractivity contribution < 1.29 is 4.79 Å². The van der Waals surface area contributed by atoms with Gasteiger partial charge in [-0.05, 0) is 44.4 Å². The summed E-state index contributed by atoms with van der Waals surface area (Å²) in [7, 11) is 0. The molecule has 1 aromatic heterocycles. The van der Waals surface area contributed by atoms with Crippen LogP contribution in [0.4, 0.5) is 0 Å². The highest BCUT2D eigenvalue weighted by molar-refractivity contribution is 5.79. The van der Waals surface area contributed by atoms with E-state index in [0.29, 0.717) is 12.5 Å². The van der Waals surface area contributed by atoms with Crippen LogP contribution in [0.2, 0.25) is 0 Å². The number of hydrogen-bond donors (Lipinski definition) is 2. The first-order valence-electron chi connectivity index (χ1n) is 7.13. The van der Waals surface area contributed by atoms with Crippen molar-refractivity contribution in [3.8, 4) is 0 Å². The van der Waals surface area contributed by atoms with Gasteiger partial charge in [0.15, 0.2) is 0 Å². The van der Waals surface area contributed by atoms with Crippen LogP contribution in [0.15, 0.2) is 24.4 Å². The van der Waals surface area contributed by atoms with Crippen molar-refractivity contribution in [1.29, 1.82) is 0 Å². The largest absolute Gasteiger partial charge is 0.348 e. The van der Waals surface area contributed by atoms with Gasteiger partial charge in [0.1, 0.15) is 0 Å². The van der Waals surface area contributed by atoms with Crippen LogP contribution in [0.25, 0.3) is 0 Å². The molecule has 1 heterocycles. The third kappa shape index (κ3) is 3.53. The monoisotopic (exact) mass is 261 g/mol. The molecule has 0 spiro atoms. The Hall–Kier alpha value is -1.42. The predicted molar refractivity (Wildman–Crippen MR) is 75.3 cm³/mol. The second-order valence-electron chi connectivity index (χ2n) is 5.37. The van der Waals surface area contributed by atoms with E-state index in [0.717, 1.165) is 25.0 Å². The summed E-state index contributed by atoms with van der Waals surface area (Å²) in [6, 6.07) is 5.71. The summed E-state index contributed by atoms with van der Waals surface area (Å²) in [6.45, 7) is 2.58. The quantitative estimate of drug-likeness (QED) is 0.871. The Morgan fingerprint density at radius 3 is 2.95 bits per heavy atom. The van der Waals surface area contributed by atoms with Crippen LogP contribution in [0.1, 0.15) is 44.3 Å². The molecule has 0 radical (unpaired) electrons. The van der Waals surface area contributed by atoms with Gasteiger partial charge >= 0.3 is 0 Å². The summed E-state index contributed by atoms with van der Waals surface area (Å²) < 4.78 is 0. The molecule has 0 aliphatic heterocycles. The Morgan fingerprint density at radius 1 is 1.47 bits per heavy atom. The molecular formula is C15H23N3O. The molecule has 104 valence electrons. The highest BCUT2D eigenvalue weighted by Crippen LogP contribution is 2.29. The number of nitrogens with one attached hydrogen (secondary N) is 1. The Kier molecular flexibility index (Phi) is 4.91. The number of carbonyl (C=O) groups excluding carboxylic acids is 1. The van der Waals surface area contributed by atoms with Crippen LogP contribution < -0.4 is 11.1 Å². The lowest BCUT2D eigenvalue weighted by molar-refractivity contribution is -0.128. The molecular weight excluding hydrogens is 238 g/mol. The summed E-state index contributed by atoms with van der Waals surface area (Å²) >= 11 is 0. The van der Waals surface area contributed by atoms with E-state index in [1.807, 2.05) is 25.1 Å². The molecule has 3 atom stereocenters. The topological polar surface area (TPSA) is 68.0 Å². The van der Waals surface area contributed by atoms with Gasteiger partial charge in [0, 0.05) is 12.1 Å². The first-order chi connectivity index (χ1) is 9.22. The van der Waals surface area contributed by atoms with Gasteiger partial charge in [0.05, 0.1) is 11.7 Å². The minimum Gasteiger partial charge on any atom is -0.348 e. The van der Waals surface area contributed by atoms with Gasteiger partial charge < -0.3 is 11.1 Å². The van der Waals surface area contributed by atoms with Crippen molar-refractivity contribution in [3.63, 3.8) is 0 Å². The van der Waals surface area contributed by atoms with Gasteiger partial charge in [0.2, 0.25) is 5.91 Å². The highest BCUT2D eigenvalue weighted by atomic mass is 16.2. The van der Waals surface area contributed by atoms with Crippen LogP contribution in [0.3, 0.4) is 0 Å². The molecule has 1 amide bonds. The number of hydrogen-bond acceptors (Lipinski definition) is 3. The molecule has 2 rings (SSSR count). The second kappa shape index (κ2) is 6.66. The second-order valence-corrected chi connectivity index (χ2v) is 5.37. The molecule has 1 fully saturated rings. The molecule has 0 saturated heterocycles. The number of nitrogens with two attached hydrogens (primary N) is 1. The lowest BCUT2D eigenvalue weighted by Crippen LogP contribution is -2.40. The standard InChI is InChI=1S/C15H23N3O/c1-11(14-8-4-5-9-17-14)18-15(19)13-7-3-2-6-12(13)10-16/h4-5,8-9,11-13H,2-3,6-7,10,16H2,1H3,(H,18,19)/t11-,12?,13?/m1/s1. The van der Waals surface area contributed by atoms with E-state index in [4.69, 9.17) is 5.73 Å². The van der Waals surface area contributed by atoms with Crippen molar-refractivity contribution in [1.82, 2.24) is 10.3 Å². The van der Waals surface area contributed by atoms with Gasteiger partial charge in [-0.25, -0.2) is 0 Å². The van der Waals surface area contributed by atoms with E-state index in [2.05, 4.69) is 10.3 Å². The molecule has 1 aromatic rings. The van der Waals surface area contributed by atoms with Gasteiger partial charge in [-0.2, -0.15) is 0 Å². The highest BCUT2D eigenvalue weighted by Gasteiger charge is 2.30. The summed E-state index contributed by atoms with van der Waals surface area (Å²) in [5.74, 6) is 0.544. The molecule has 0 bridgehead atoms. The minimum atomic E-state index is -0.0472. The number of amides is 1. The number of pyridine rings is 1. The molecule has 1 aliphatic carbocycles. The number of nitrogens with zero attached hydrogens (tertiary/aromatic N) is 1. The Morgan fingerprint density at radius 2 is 2.26 bits per heavy atom. The van der Waals surface area contributed by atoms with Crippen LogP contribution in [-0.4, -0.2) is 17.4 Å². The van der Waals surface area contributed by atoms with Crippen LogP contribution in [0.5, 0.6) is 0 Å². The Bertz CT molecular complexity index is 407. The number of rotatable bonds is 4. The molecule has 19 heavy (non-hydrogen) atoms. The maximum atomic E-state index is 12.4. The van der Waals surface area contributed by atoms with Crippen molar-refractivity contribution >= 4 is 5.91 Å². The molecule has 2 unspecified atom stereocenters. The van der Waals surface area contributed by atoms with Crippen molar-refractivity contribution in [2.45, 2.75) is 38.6 Å².